The van der Waals surface area contributed by atoms with Crippen LogP contribution >= 0.6 is 0 Å². The number of rotatable bonds is 1. The van der Waals surface area contributed by atoms with Gasteiger partial charge in [-0.1, -0.05) is 6.58 Å². The summed E-state index contributed by atoms with van der Waals surface area (Å²) in [6.07, 6.45) is -2.69. The highest BCUT2D eigenvalue weighted by Crippen LogP contribution is 2.01. The molecular formula is C4H3F2N. The van der Waals surface area contributed by atoms with Gasteiger partial charge in [0, 0.05) is 0 Å². The van der Waals surface area contributed by atoms with E-state index in [1.807, 2.05) is 0 Å². The molecule has 0 aliphatic rings. The van der Waals surface area contributed by atoms with E-state index in [4.69, 9.17) is 5.26 Å². The number of hydrogen-bond acceptors (Lipinski definition) is 1. The van der Waals surface area contributed by atoms with Crippen molar-refractivity contribution in [2.24, 2.45) is 0 Å². The summed E-state index contributed by atoms with van der Waals surface area (Å²) in [7, 11) is 0. The van der Waals surface area contributed by atoms with Crippen LogP contribution in [0.3, 0.4) is 0 Å². The quantitative estimate of drug-likeness (QED) is 0.459. The zero-order valence-corrected chi connectivity index (χ0v) is 3.49. The highest BCUT2D eigenvalue weighted by atomic mass is 19.3. The topological polar surface area (TPSA) is 23.8 Å². The summed E-state index contributed by atoms with van der Waals surface area (Å²) < 4.78 is 22.2. The van der Waals surface area contributed by atoms with E-state index in [1.165, 1.54) is 6.07 Å². The van der Waals surface area contributed by atoms with Crippen LogP contribution in [-0.4, -0.2) is 6.43 Å². The summed E-state index contributed by atoms with van der Waals surface area (Å²) in [5.74, 6) is 0. The van der Waals surface area contributed by atoms with Crippen LogP contribution in [-0.2, 0) is 0 Å². The van der Waals surface area contributed by atoms with Gasteiger partial charge in [-0.05, 0) is 0 Å². The summed E-state index contributed by atoms with van der Waals surface area (Å²) in [6, 6.07) is 1.22. The fourth-order valence-electron chi connectivity index (χ4n) is 0.0488. The number of nitrogens with zero attached hydrogens (tertiary/aromatic N) is 1. The highest BCUT2D eigenvalue weighted by Gasteiger charge is 2.04. The second-order valence-corrected chi connectivity index (χ2v) is 0.938. The molecule has 0 atom stereocenters. The molecule has 0 amide bonds. The third-order valence-corrected chi connectivity index (χ3v) is 0.407. The second-order valence-electron chi connectivity index (χ2n) is 0.938. The van der Waals surface area contributed by atoms with Crippen LogP contribution in [0.1, 0.15) is 0 Å². The molecule has 3 heteroatoms. The minimum Gasteiger partial charge on any atom is -0.204 e. The van der Waals surface area contributed by atoms with Crippen molar-refractivity contribution >= 4 is 0 Å². The normalized spacial score (nSPS) is 8.29. The van der Waals surface area contributed by atoms with Crippen molar-refractivity contribution in [1.29, 1.82) is 5.26 Å². The summed E-state index contributed by atoms with van der Waals surface area (Å²) in [5.41, 5.74) is -0.681. The summed E-state index contributed by atoms with van der Waals surface area (Å²) in [5, 5.41) is 7.68. The third kappa shape index (κ3) is 1.88. The van der Waals surface area contributed by atoms with Gasteiger partial charge >= 0.3 is 0 Å². The Hall–Kier alpha value is -0.910. The Morgan fingerprint density at radius 1 is 1.71 bits per heavy atom. The van der Waals surface area contributed by atoms with Gasteiger partial charge in [-0.3, -0.25) is 0 Å². The Balaban J connectivity index is 3.64. The lowest BCUT2D eigenvalue weighted by atomic mass is 10.4. The fraction of sp³-hybridized carbons (Fsp3) is 0.250. The van der Waals surface area contributed by atoms with E-state index in [2.05, 4.69) is 6.58 Å². The minimum absolute atomic E-state index is 0.681. The monoisotopic (exact) mass is 103 g/mol. The van der Waals surface area contributed by atoms with Crippen LogP contribution < -0.4 is 0 Å². The van der Waals surface area contributed by atoms with Crippen molar-refractivity contribution in [3.05, 3.63) is 12.2 Å². The minimum atomic E-state index is -2.69. The fourth-order valence-corrected chi connectivity index (χ4v) is 0.0488. The summed E-state index contributed by atoms with van der Waals surface area (Å²) in [6.45, 7) is 2.76. The molecule has 38 valence electrons. The second kappa shape index (κ2) is 2.30. The van der Waals surface area contributed by atoms with E-state index in [9.17, 15) is 8.78 Å². The molecule has 0 rings (SSSR count). The van der Waals surface area contributed by atoms with Crippen LogP contribution in [0.4, 0.5) is 8.78 Å². The van der Waals surface area contributed by atoms with E-state index >= 15 is 0 Å². The van der Waals surface area contributed by atoms with E-state index < -0.39 is 12.0 Å². The molecule has 0 spiro atoms. The van der Waals surface area contributed by atoms with Gasteiger partial charge in [-0.25, -0.2) is 8.78 Å². The number of halogens is 2. The molecule has 0 aromatic carbocycles. The molecule has 0 aromatic rings. The summed E-state index contributed by atoms with van der Waals surface area (Å²) >= 11 is 0. The standard InChI is InChI=1S/C4H3F2N/c1-3(2-7)4(5)6/h4H,1H2. The zero-order valence-electron chi connectivity index (χ0n) is 3.49. The molecule has 0 N–H and O–H groups in total. The number of nitriles is 1. The highest BCUT2D eigenvalue weighted by molar-refractivity contribution is 5.17. The van der Waals surface area contributed by atoms with Gasteiger partial charge in [0.05, 0.1) is 5.57 Å². The van der Waals surface area contributed by atoms with Gasteiger partial charge in [0.25, 0.3) is 6.43 Å². The van der Waals surface area contributed by atoms with Crippen molar-refractivity contribution in [3.63, 3.8) is 0 Å². The van der Waals surface area contributed by atoms with E-state index in [1.54, 1.807) is 0 Å². The molecule has 0 unspecified atom stereocenters. The van der Waals surface area contributed by atoms with E-state index in [0.717, 1.165) is 0 Å². The predicted molar refractivity (Wildman–Crippen MR) is 20.8 cm³/mol. The van der Waals surface area contributed by atoms with Crippen LogP contribution in [0.2, 0.25) is 0 Å². The molecule has 0 saturated carbocycles. The number of alkyl halides is 2. The molecule has 0 bridgehead atoms. The first-order chi connectivity index (χ1) is 3.18. The van der Waals surface area contributed by atoms with Crippen molar-refractivity contribution in [2.75, 3.05) is 0 Å². The average molecular weight is 103 g/mol. The van der Waals surface area contributed by atoms with Crippen molar-refractivity contribution in [1.82, 2.24) is 0 Å². The predicted octanol–water partition coefficient (Wildman–Crippen LogP) is 1.33. The van der Waals surface area contributed by atoms with Crippen LogP contribution in [0.5, 0.6) is 0 Å². The third-order valence-electron chi connectivity index (χ3n) is 0.407. The molecule has 0 saturated heterocycles. The maximum atomic E-state index is 11.1. The zero-order chi connectivity index (χ0) is 5.86. The maximum Gasteiger partial charge on any atom is 0.272 e. The van der Waals surface area contributed by atoms with Gasteiger partial charge in [0.2, 0.25) is 0 Å². The van der Waals surface area contributed by atoms with Gasteiger partial charge in [-0.2, -0.15) is 5.26 Å². The lowest BCUT2D eigenvalue weighted by molar-refractivity contribution is 0.196. The van der Waals surface area contributed by atoms with Crippen molar-refractivity contribution in [2.45, 2.75) is 6.43 Å². The van der Waals surface area contributed by atoms with Gasteiger partial charge in [-0.15, -0.1) is 0 Å². The van der Waals surface area contributed by atoms with Crippen molar-refractivity contribution < 1.29 is 8.78 Å². The molecule has 0 fully saturated rings. The Kier molecular flexibility index (Phi) is 2.00. The lowest BCUT2D eigenvalue weighted by Gasteiger charge is -1.85. The van der Waals surface area contributed by atoms with Crippen molar-refractivity contribution in [3.8, 4) is 6.07 Å². The molecule has 0 aliphatic heterocycles. The van der Waals surface area contributed by atoms with Crippen LogP contribution in [0.25, 0.3) is 0 Å². The summed E-state index contributed by atoms with van der Waals surface area (Å²) in [4.78, 5) is 0. The van der Waals surface area contributed by atoms with Gasteiger partial charge in [0.1, 0.15) is 6.07 Å². The molecule has 7 heavy (non-hydrogen) atoms. The Morgan fingerprint density at radius 3 is 2.14 bits per heavy atom. The Labute approximate surface area is 39.9 Å². The number of allylic oxidation sites excluding steroid dienone is 1. The number of hydrogen-bond donors (Lipinski definition) is 0. The first-order valence-electron chi connectivity index (χ1n) is 1.55. The smallest absolute Gasteiger partial charge is 0.204 e. The first-order valence-corrected chi connectivity index (χ1v) is 1.55. The molecule has 0 heterocycles. The van der Waals surface area contributed by atoms with Gasteiger partial charge in [0.15, 0.2) is 0 Å². The Morgan fingerprint density at radius 2 is 2.14 bits per heavy atom. The average Bonchev–Trinajstić information content (AvgIpc) is 1.65. The Bertz CT molecular complexity index is 111. The SMILES string of the molecule is C=C(C#N)C(F)F. The molecule has 0 radical (unpaired) electrons. The molecule has 1 nitrogen and oxygen atoms in total. The van der Waals surface area contributed by atoms with Gasteiger partial charge < -0.3 is 0 Å². The van der Waals surface area contributed by atoms with E-state index in [-0.39, 0.29) is 0 Å². The van der Waals surface area contributed by atoms with Crippen LogP contribution in [0, 0.1) is 11.3 Å². The maximum absolute atomic E-state index is 11.1. The van der Waals surface area contributed by atoms with Crippen LogP contribution in [0.15, 0.2) is 12.2 Å². The molecule has 0 aromatic heterocycles. The first kappa shape index (κ1) is 6.09. The molecular weight excluding hydrogens is 100 g/mol. The largest absolute Gasteiger partial charge is 0.272 e. The lowest BCUT2D eigenvalue weighted by Crippen LogP contribution is -1.89. The molecule has 0 aliphatic carbocycles. The van der Waals surface area contributed by atoms with E-state index in [0.29, 0.717) is 0 Å².